The summed E-state index contributed by atoms with van der Waals surface area (Å²) in [5, 5.41) is 0. The van der Waals surface area contributed by atoms with Crippen LogP contribution in [0.15, 0.2) is 4.99 Å². The van der Waals surface area contributed by atoms with Crippen LogP contribution in [0.4, 0.5) is 4.79 Å². The standard InChI is InChI=1S/C4H9NS2.C3H6OS2.C3H6S3.C3H6S2/c1-5-4(6-2)7-3;2*1-5-3(4)6-2;1-3(4)5-2/h1-3H3;2*1-2H3;1-2H3. The van der Waals surface area contributed by atoms with Crippen molar-refractivity contribution in [1.29, 1.82) is 0 Å². The molecule has 2 nitrogen and oxygen atoms in total. The maximum absolute atomic E-state index is 10.1. The summed E-state index contributed by atoms with van der Waals surface area (Å²) in [5.41, 5.74) is 0. The molecule has 0 aromatic carbocycles. The predicted molar refractivity (Wildman–Crippen MR) is 144 cm³/mol. The summed E-state index contributed by atoms with van der Waals surface area (Å²) >= 11 is 20.2. The number of rotatable bonds is 0. The third-order valence-electron chi connectivity index (χ3n) is 1.49. The van der Waals surface area contributed by atoms with Crippen molar-refractivity contribution >= 4 is 123 Å². The van der Waals surface area contributed by atoms with Gasteiger partial charge in [-0.1, -0.05) is 48.0 Å². The number of hydrogen-bond acceptors (Lipinski definition) is 11. The summed E-state index contributed by atoms with van der Waals surface area (Å²) in [4.78, 5) is 14.1. The van der Waals surface area contributed by atoms with Gasteiger partial charge in [0, 0.05) is 11.2 Å². The second kappa shape index (κ2) is 29.7. The third kappa shape index (κ3) is 39.2. The second-order valence-electron chi connectivity index (χ2n) is 2.91. The second-order valence-corrected chi connectivity index (χ2v) is 11.3. The monoisotopic (exact) mass is 501 g/mol. The molecule has 24 heavy (non-hydrogen) atoms. The Hall–Kier alpha value is 1.97. The van der Waals surface area contributed by atoms with E-state index < -0.39 is 0 Å². The van der Waals surface area contributed by atoms with Gasteiger partial charge >= 0.3 is 0 Å². The lowest BCUT2D eigenvalue weighted by molar-refractivity contribution is 0.276. The number of thioether (sulfide) groups is 7. The van der Waals surface area contributed by atoms with Crippen molar-refractivity contribution in [2.75, 3.05) is 50.8 Å². The molecule has 0 aromatic rings. The highest BCUT2D eigenvalue weighted by molar-refractivity contribution is 8.46. The number of carbonyl (C=O) groups excluding carboxylic acids is 1. The molecular weight excluding hydrogens is 475 g/mol. The number of aliphatic imine (C=N–C) groups is 1. The normalized spacial score (nSPS) is 8.21. The van der Waals surface area contributed by atoms with E-state index in [1.807, 2.05) is 45.3 Å². The summed E-state index contributed by atoms with van der Waals surface area (Å²) in [7, 11) is 1.81. The molecule has 0 aliphatic rings. The van der Waals surface area contributed by atoms with Crippen molar-refractivity contribution in [2.45, 2.75) is 6.92 Å². The average molecular weight is 502 g/mol. The molecule has 0 fully saturated rings. The fourth-order valence-corrected chi connectivity index (χ4v) is 2.80. The van der Waals surface area contributed by atoms with Gasteiger partial charge in [0.05, 0.1) is 0 Å². The molecule has 0 atom stereocenters. The van der Waals surface area contributed by atoms with Crippen LogP contribution in [0, 0.1) is 0 Å². The zero-order chi connectivity index (χ0) is 20.0. The van der Waals surface area contributed by atoms with Crippen molar-refractivity contribution in [3.63, 3.8) is 0 Å². The first-order valence-electron chi connectivity index (χ1n) is 6.07. The fourth-order valence-electron chi connectivity index (χ4n) is 0.433. The molecule has 0 amide bonds. The highest BCUT2D eigenvalue weighted by atomic mass is 32.2. The fraction of sp³-hybridized carbons (Fsp3) is 0.692. The van der Waals surface area contributed by atoms with Crippen molar-refractivity contribution in [3.8, 4) is 0 Å². The first-order valence-corrected chi connectivity index (χ1v) is 15.5. The van der Waals surface area contributed by atoms with E-state index in [1.165, 1.54) is 23.5 Å². The summed E-state index contributed by atoms with van der Waals surface area (Å²) < 4.78 is 3.33. The van der Waals surface area contributed by atoms with Gasteiger partial charge < -0.3 is 0 Å². The molecule has 0 spiro atoms. The quantitative estimate of drug-likeness (QED) is 0.192. The number of nitrogens with zero attached hydrogens (tertiary/aromatic N) is 1. The Balaban J connectivity index is -0.000000112. The Kier molecular flexibility index (Phi) is 41.5. The molecule has 0 saturated heterocycles. The van der Waals surface area contributed by atoms with E-state index >= 15 is 0 Å². The average Bonchev–Trinajstić information content (AvgIpc) is 2.63. The molecule has 11 heteroatoms. The first-order chi connectivity index (χ1) is 11.2. The molecule has 0 bridgehead atoms. The topological polar surface area (TPSA) is 29.4 Å². The predicted octanol–water partition coefficient (Wildman–Crippen LogP) is 7.22. The minimum Gasteiger partial charge on any atom is -0.275 e. The smallest absolute Gasteiger partial charge is 0.245 e. The lowest BCUT2D eigenvalue weighted by Crippen LogP contribution is -1.77. The van der Waals surface area contributed by atoms with E-state index in [4.69, 9.17) is 12.2 Å². The zero-order valence-electron chi connectivity index (χ0n) is 15.5. The van der Waals surface area contributed by atoms with Gasteiger partial charge in [0.25, 0.3) is 0 Å². The van der Waals surface area contributed by atoms with Crippen molar-refractivity contribution in [1.82, 2.24) is 0 Å². The Morgan fingerprint density at radius 3 is 1.04 bits per heavy atom. The minimum atomic E-state index is 0.176. The lowest BCUT2D eigenvalue weighted by atomic mass is 11.0. The van der Waals surface area contributed by atoms with Gasteiger partial charge in [-0.15, -0.1) is 58.8 Å². The highest BCUT2D eigenvalue weighted by Crippen LogP contribution is 2.09. The van der Waals surface area contributed by atoms with E-state index in [1.54, 1.807) is 71.3 Å². The van der Waals surface area contributed by atoms with E-state index in [9.17, 15) is 4.79 Å². The summed E-state index contributed by atoms with van der Waals surface area (Å²) in [6.45, 7) is 1.92. The van der Waals surface area contributed by atoms with Crippen LogP contribution < -0.4 is 0 Å². The number of thiocarbonyl (C=S) groups is 2. The van der Waals surface area contributed by atoms with Crippen LogP contribution in [-0.4, -0.2) is 67.4 Å². The minimum absolute atomic E-state index is 0.176. The van der Waals surface area contributed by atoms with E-state index in [-0.39, 0.29) is 4.45 Å². The molecule has 0 heterocycles. The van der Waals surface area contributed by atoms with E-state index in [0.717, 1.165) is 12.1 Å². The highest BCUT2D eigenvalue weighted by Gasteiger charge is 1.88. The van der Waals surface area contributed by atoms with Gasteiger partial charge in [-0.25, -0.2) is 0 Å². The van der Waals surface area contributed by atoms with Gasteiger partial charge in [0.15, 0.2) is 0 Å². The number of carbonyl (C=O) groups is 1. The molecule has 0 aliphatic carbocycles. The van der Waals surface area contributed by atoms with Crippen molar-refractivity contribution in [3.05, 3.63) is 0 Å². The third-order valence-corrected chi connectivity index (χ3v) is 8.96. The van der Waals surface area contributed by atoms with Gasteiger partial charge in [-0.3, -0.25) is 9.79 Å². The van der Waals surface area contributed by atoms with Crippen molar-refractivity contribution < 1.29 is 4.79 Å². The molecule has 0 rings (SSSR count). The van der Waals surface area contributed by atoms with Crippen LogP contribution in [0.1, 0.15) is 6.92 Å². The molecule has 0 unspecified atom stereocenters. The summed E-state index contributed by atoms with van der Waals surface area (Å²) in [6, 6.07) is 0. The maximum atomic E-state index is 10.1. The molecule has 0 aromatic heterocycles. The molecule has 0 radical (unpaired) electrons. The Morgan fingerprint density at radius 2 is 1.04 bits per heavy atom. The van der Waals surface area contributed by atoms with Crippen LogP contribution in [0.2, 0.25) is 0 Å². The summed E-state index contributed by atoms with van der Waals surface area (Å²) in [6.07, 6.45) is 13.6. The van der Waals surface area contributed by atoms with Crippen LogP contribution >= 0.6 is 107 Å². The van der Waals surface area contributed by atoms with Gasteiger partial charge in [0.1, 0.15) is 7.90 Å². The zero-order valence-corrected chi connectivity index (χ0v) is 22.9. The Morgan fingerprint density at radius 1 is 0.708 bits per heavy atom. The lowest BCUT2D eigenvalue weighted by Gasteiger charge is -1.90. The largest absolute Gasteiger partial charge is 0.275 e. The van der Waals surface area contributed by atoms with Crippen LogP contribution in [0.5, 0.6) is 0 Å². The van der Waals surface area contributed by atoms with Gasteiger partial charge in [-0.2, -0.15) is 0 Å². The number of hydrogen-bond donors (Lipinski definition) is 0. The summed E-state index contributed by atoms with van der Waals surface area (Å²) in [5.74, 6) is 0. The van der Waals surface area contributed by atoms with Gasteiger partial charge in [-0.05, 0) is 50.7 Å². The van der Waals surface area contributed by atoms with Crippen molar-refractivity contribution in [2.24, 2.45) is 4.99 Å². The molecule has 0 N–H and O–H groups in total. The van der Waals surface area contributed by atoms with Crippen LogP contribution in [0.3, 0.4) is 0 Å². The molecule has 0 aliphatic heterocycles. The maximum Gasteiger partial charge on any atom is 0.245 e. The van der Waals surface area contributed by atoms with E-state index in [2.05, 4.69) is 17.2 Å². The molecule has 144 valence electrons. The van der Waals surface area contributed by atoms with Crippen LogP contribution in [0.25, 0.3) is 0 Å². The molecule has 0 saturated carbocycles. The Labute approximate surface area is 189 Å². The van der Waals surface area contributed by atoms with E-state index in [0.29, 0.717) is 0 Å². The molecular formula is C13H27NOS9. The SMILES string of the molecule is CN=C(SC)SC.CSC(=O)SC.CSC(=S)SC.CSC(C)=S. The Bertz CT molecular complexity index is 314. The van der Waals surface area contributed by atoms with Gasteiger partial charge in [0.2, 0.25) is 4.45 Å². The van der Waals surface area contributed by atoms with Crippen LogP contribution in [-0.2, 0) is 0 Å². The first kappa shape index (κ1) is 33.5.